The third-order valence-electron chi connectivity index (χ3n) is 2.62. The third kappa shape index (κ3) is 3.01. The summed E-state index contributed by atoms with van der Waals surface area (Å²) in [5, 5.41) is 18.6. The minimum absolute atomic E-state index is 0. The second-order valence-electron chi connectivity index (χ2n) is 3.94. The maximum Gasteiger partial charge on any atom is 1.00 e. The van der Waals surface area contributed by atoms with Crippen LogP contribution in [0.1, 0.15) is 1.43 Å². The smallest absolute Gasteiger partial charge is 1.00 e. The van der Waals surface area contributed by atoms with Crippen molar-refractivity contribution in [2.24, 2.45) is 0 Å². The summed E-state index contributed by atoms with van der Waals surface area (Å²) >= 11 is 0. The van der Waals surface area contributed by atoms with E-state index < -0.39 is 9.84 Å². The molecule has 2 rings (SSSR count). The van der Waals surface area contributed by atoms with Crippen molar-refractivity contribution in [3.8, 4) is 11.5 Å². The van der Waals surface area contributed by atoms with Gasteiger partial charge in [0.2, 0.25) is 9.84 Å². The Labute approximate surface area is 139 Å². The summed E-state index contributed by atoms with van der Waals surface area (Å²) in [4.78, 5) is -0.124. The Hall–Kier alpha value is -1.41. The van der Waals surface area contributed by atoms with Crippen LogP contribution in [-0.4, -0.2) is 18.6 Å². The number of nitrogens with two attached hydrogens (primary N) is 2. The SMILES string of the molecule is Nc1cc(S(=O)(=O)c2ccc(O)c(N)c2)ccc1O.[H-].[Na+]. The molecule has 0 radical (unpaired) electrons. The molecule has 0 aliphatic carbocycles. The van der Waals surface area contributed by atoms with Gasteiger partial charge in [-0.1, -0.05) is 0 Å². The molecule has 0 amide bonds. The molecular formula is C12H13N2NaO4S. The Morgan fingerprint density at radius 3 is 1.50 bits per heavy atom. The molecule has 0 saturated carbocycles. The number of phenolic OH excluding ortho intramolecular Hbond substituents is 2. The zero-order chi connectivity index (χ0) is 14.2. The second-order valence-corrected chi connectivity index (χ2v) is 5.89. The molecule has 20 heavy (non-hydrogen) atoms. The molecule has 0 aliphatic heterocycles. The van der Waals surface area contributed by atoms with E-state index >= 15 is 0 Å². The summed E-state index contributed by atoms with van der Waals surface area (Å²) in [6, 6.07) is 7.20. The average molecular weight is 304 g/mol. The standard InChI is InChI=1S/C12H12N2O4S.Na.H/c13-9-5-7(1-3-11(9)15)19(17,18)8-2-4-12(16)10(14)6-8;;/h1-6,15-16H,13-14H2;;/q;+1;-1. The Kier molecular flexibility index (Phi) is 4.93. The Balaban J connectivity index is 0.00000200. The first-order valence-corrected chi connectivity index (χ1v) is 6.73. The molecule has 2 aromatic carbocycles. The topological polar surface area (TPSA) is 127 Å². The summed E-state index contributed by atoms with van der Waals surface area (Å²) < 4.78 is 24.6. The first-order valence-electron chi connectivity index (χ1n) is 5.24. The zero-order valence-electron chi connectivity index (χ0n) is 11.7. The van der Waals surface area contributed by atoms with Gasteiger partial charge in [0.1, 0.15) is 11.5 Å². The van der Waals surface area contributed by atoms with Gasteiger partial charge in [-0.05, 0) is 36.4 Å². The quantitative estimate of drug-likeness (QED) is 0.295. The van der Waals surface area contributed by atoms with Gasteiger partial charge in [0.15, 0.2) is 0 Å². The predicted molar refractivity (Wildman–Crippen MR) is 71.6 cm³/mol. The van der Waals surface area contributed by atoms with Crippen LogP contribution < -0.4 is 41.0 Å². The van der Waals surface area contributed by atoms with Gasteiger partial charge >= 0.3 is 29.6 Å². The fourth-order valence-corrected chi connectivity index (χ4v) is 2.87. The average Bonchev–Trinajstić information content (AvgIpc) is 2.35. The monoisotopic (exact) mass is 304 g/mol. The first-order chi connectivity index (χ1) is 8.82. The van der Waals surface area contributed by atoms with Crippen molar-refractivity contribution in [1.29, 1.82) is 0 Å². The van der Waals surface area contributed by atoms with Crippen molar-refractivity contribution in [2.45, 2.75) is 9.79 Å². The van der Waals surface area contributed by atoms with Gasteiger partial charge in [-0.15, -0.1) is 0 Å². The van der Waals surface area contributed by atoms with E-state index in [1.54, 1.807) is 0 Å². The summed E-state index contributed by atoms with van der Waals surface area (Å²) in [6.45, 7) is 0. The molecule has 0 fully saturated rings. The van der Waals surface area contributed by atoms with Crippen molar-refractivity contribution in [3.63, 3.8) is 0 Å². The van der Waals surface area contributed by atoms with Gasteiger partial charge in [0.05, 0.1) is 21.2 Å². The predicted octanol–water partition coefficient (Wildman–Crippen LogP) is -1.79. The minimum atomic E-state index is -3.80. The Bertz CT molecular complexity index is 695. The van der Waals surface area contributed by atoms with Crippen LogP contribution in [0.25, 0.3) is 0 Å². The molecule has 8 heteroatoms. The van der Waals surface area contributed by atoms with Crippen LogP contribution in [0.4, 0.5) is 11.4 Å². The van der Waals surface area contributed by atoms with E-state index in [4.69, 9.17) is 11.5 Å². The number of sulfone groups is 1. The molecule has 0 bridgehead atoms. The number of hydrogen-bond donors (Lipinski definition) is 4. The molecule has 0 unspecified atom stereocenters. The molecule has 0 aromatic heterocycles. The van der Waals surface area contributed by atoms with Crippen LogP contribution >= 0.6 is 0 Å². The maximum atomic E-state index is 12.3. The normalized spacial score (nSPS) is 10.8. The molecule has 6 N–H and O–H groups in total. The van der Waals surface area contributed by atoms with E-state index in [0.29, 0.717) is 0 Å². The van der Waals surface area contributed by atoms with Crippen molar-refractivity contribution in [3.05, 3.63) is 36.4 Å². The number of aromatic hydroxyl groups is 2. The minimum Gasteiger partial charge on any atom is -1.00 e. The molecular weight excluding hydrogens is 291 g/mol. The molecule has 0 saturated heterocycles. The molecule has 0 aliphatic rings. The molecule has 0 heterocycles. The van der Waals surface area contributed by atoms with Crippen LogP contribution in [-0.2, 0) is 9.84 Å². The molecule has 6 nitrogen and oxygen atoms in total. The van der Waals surface area contributed by atoms with Crippen LogP contribution in [0.5, 0.6) is 11.5 Å². The van der Waals surface area contributed by atoms with Crippen LogP contribution in [0.15, 0.2) is 46.2 Å². The second kappa shape index (κ2) is 5.92. The fraction of sp³-hybridized carbons (Fsp3) is 0. The van der Waals surface area contributed by atoms with Crippen molar-refractivity contribution < 1.29 is 49.6 Å². The van der Waals surface area contributed by atoms with Crippen molar-refractivity contribution in [1.82, 2.24) is 0 Å². The maximum absolute atomic E-state index is 12.3. The van der Waals surface area contributed by atoms with E-state index in [2.05, 4.69) is 0 Å². The van der Waals surface area contributed by atoms with E-state index in [1.807, 2.05) is 0 Å². The summed E-state index contributed by atoms with van der Waals surface area (Å²) in [5.74, 6) is -0.381. The van der Waals surface area contributed by atoms with Crippen molar-refractivity contribution >= 4 is 21.2 Å². The largest absolute Gasteiger partial charge is 1.00 e. The first kappa shape index (κ1) is 16.6. The van der Waals surface area contributed by atoms with E-state index in [1.165, 1.54) is 24.3 Å². The van der Waals surface area contributed by atoms with Gasteiger partial charge in [-0.2, -0.15) is 0 Å². The Morgan fingerprint density at radius 2 is 1.20 bits per heavy atom. The third-order valence-corrected chi connectivity index (χ3v) is 4.37. The van der Waals surface area contributed by atoms with Gasteiger partial charge in [0.25, 0.3) is 0 Å². The van der Waals surface area contributed by atoms with Crippen molar-refractivity contribution in [2.75, 3.05) is 11.5 Å². The number of rotatable bonds is 2. The van der Waals surface area contributed by atoms with E-state index in [-0.39, 0.29) is 63.6 Å². The zero-order valence-corrected chi connectivity index (χ0v) is 13.6. The van der Waals surface area contributed by atoms with Gasteiger partial charge in [0, 0.05) is 0 Å². The van der Waals surface area contributed by atoms with Crippen LogP contribution in [0, 0.1) is 0 Å². The fourth-order valence-electron chi connectivity index (χ4n) is 1.54. The summed E-state index contributed by atoms with van der Waals surface area (Å²) in [5.41, 5.74) is 10.9. The molecule has 0 spiro atoms. The number of phenols is 2. The Morgan fingerprint density at radius 1 is 0.850 bits per heavy atom. The van der Waals surface area contributed by atoms with Gasteiger partial charge in [-0.3, -0.25) is 0 Å². The summed E-state index contributed by atoms with van der Waals surface area (Å²) in [7, 11) is -3.80. The molecule has 2 aromatic rings. The van der Waals surface area contributed by atoms with Gasteiger partial charge < -0.3 is 23.1 Å². The molecule has 0 atom stereocenters. The van der Waals surface area contributed by atoms with E-state index in [0.717, 1.165) is 12.1 Å². The number of hydrogen-bond acceptors (Lipinski definition) is 6. The molecule has 102 valence electrons. The number of anilines is 2. The van der Waals surface area contributed by atoms with Gasteiger partial charge in [-0.25, -0.2) is 8.42 Å². The number of benzene rings is 2. The number of nitrogen functional groups attached to an aromatic ring is 2. The summed E-state index contributed by atoms with van der Waals surface area (Å²) in [6.07, 6.45) is 0. The van der Waals surface area contributed by atoms with Crippen LogP contribution in [0.2, 0.25) is 0 Å². The van der Waals surface area contributed by atoms with E-state index in [9.17, 15) is 18.6 Å². The van der Waals surface area contributed by atoms with Crippen LogP contribution in [0.3, 0.4) is 0 Å².